The van der Waals surface area contributed by atoms with Crippen molar-refractivity contribution in [3.8, 4) is 0 Å². The molecule has 3 heteroatoms. The van der Waals surface area contributed by atoms with E-state index in [1.807, 2.05) is 0 Å². The first-order valence-electron chi connectivity index (χ1n) is 4.70. The second-order valence-electron chi connectivity index (χ2n) is 4.07. The Hall–Kier alpha value is -0.570. The number of carbonyl (C=O) groups is 1. The normalized spacial score (nSPS) is 40.8. The minimum absolute atomic E-state index is 0.0713. The number of carboxylic acid groups (broad SMARTS) is 1. The first-order chi connectivity index (χ1) is 5.72. The highest BCUT2D eigenvalue weighted by atomic mass is 16.4. The van der Waals surface area contributed by atoms with Gasteiger partial charge in [-0.1, -0.05) is 0 Å². The summed E-state index contributed by atoms with van der Waals surface area (Å²) in [4.78, 5) is 10.7. The molecule has 1 saturated carbocycles. The van der Waals surface area contributed by atoms with Gasteiger partial charge in [0.2, 0.25) is 0 Å². The van der Waals surface area contributed by atoms with Crippen molar-refractivity contribution in [1.82, 2.24) is 5.32 Å². The van der Waals surface area contributed by atoms with E-state index in [0.29, 0.717) is 5.54 Å². The van der Waals surface area contributed by atoms with Crippen LogP contribution in [0, 0.1) is 5.92 Å². The van der Waals surface area contributed by atoms with Crippen LogP contribution < -0.4 is 5.32 Å². The molecule has 0 unspecified atom stereocenters. The molecule has 2 aliphatic rings. The molecular weight excluding hydrogens is 154 g/mol. The summed E-state index contributed by atoms with van der Waals surface area (Å²) in [6.07, 6.45) is 5.10. The zero-order valence-electron chi connectivity index (χ0n) is 7.18. The lowest BCUT2D eigenvalue weighted by atomic mass is 9.71. The second kappa shape index (κ2) is 2.73. The van der Waals surface area contributed by atoms with Gasteiger partial charge in [-0.05, 0) is 38.6 Å². The Morgan fingerprint density at radius 3 is 2.25 bits per heavy atom. The second-order valence-corrected chi connectivity index (χ2v) is 4.07. The first kappa shape index (κ1) is 8.05. The molecule has 2 fully saturated rings. The molecule has 2 N–H and O–H groups in total. The topological polar surface area (TPSA) is 49.3 Å². The van der Waals surface area contributed by atoms with Crippen LogP contribution in [-0.2, 0) is 4.79 Å². The van der Waals surface area contributed by atoms with Crippen LogP contribution in [0.25, 0.3) is 0 Å². The Bertz CT molecular complexity index is 189. The predicted molar refractivity (Wildman–Crippen MR) is 44.9 cm³/mol. The molecule has 2 rings (SSSR count). The Morgan fingerprint density at radius 2 is 1.92 bits per heavy atom. The summed E-state index contributed by atoms with van der Waals surface area (Å²) in [6.45, 7) is 1.12. The van der Waals surface area contributed by atoms with Crippen LogP contribution in [0.2, 0.25) is 0 Å². The van der Waals surface area contributed by atoms with E-state index in [-0.39, 0.29) is 5.92 Å². The van der Waals surface area contributed by atoms with Gasteiger partial charge in [-0.3, -0.25) is 4.79 Å². The summed E-state index contributed by atoms with van der Waals surface area (Å²) in [6, 6.07) is 0. The van der Waals surface area contributed by atoms with Gasteiger partial charge < -0.3 is 10.4 Å². The molecule has 1 spiro atoms. The third-order valence-corrected chi connectivity index (χ3v) is 3.40. The molecule has 0 radical (unpaired) electrons. The number of nitrogens with one attached hydrogen (secondary N) is 1. The number of hydrogen-bond donors (Lipinski definition) is 2. The molecule has 1 aliphatic carbocycles. The fraction of sp³-hybridized carbons (Fsp3) is 0.889. The van der Waals surface area contributed by atoms with E-state index in [9.17, 15) is 4.79 Å². The smallest absolute Gasteiger partial charge is 0.306 e. The summed E-state index contributed by atoms with van der Waals surface area (Å²) >= 11 is 0. The van der Waals surface area contributed by atoms with Crippen LogP contribution in [0.15, 0.2) is 0 Å². The summed E-state index contributed by atoms with van der Waals surface area (Å²) in [7, 11) is 0. The lowest BCUT2D eigenvalue weighted by Crippen LogP contribution is -2.58. The number of aliphatic carboxylic acids is 1. The van der Waals surface area contributed by atoms with Crippen molar-refractivity contribution in [3.05, 3.63) is 0 Å². The van der Waals surface area contributed by atoms with Gasteiger partial charge in [0, 0.05) is 5.54 Å². The van der Waals surface area contributed by atoms with E-state index in [2.05, 4.69) is 5.32 Å². The maximum Gasteiger partial charge on any atom is 0.306 e. The molecule has 1 saturated heterocycles. The number of hydrogen-bond acceptors (Lipinski definition) is 2. The monoisotopic (exact) mass is 169 g/mol. The first-order valence-corrected chi connectivity index (χ1v) is 4.70. The number of carboxylic acids is 1. The van der Waals surface area contributed by atoms with Gasteiger partial charge >= 0.3 is 5.97 Å². The van der Waals surface area contributed by atoms with Crippen LogP contribution in [-0.4, -0.2) is 23.2 Å². The summed E-state index contributed by atoms with van der Waals surface area (Å²) in [5.41, 5.74) is 0.353. The molecule has 0 amide bonds. The summed E-state index contributed by atoms with van der Waals surface area (Å²) < 4.78 is 0. The van der Waals surface area contributed by atoms with Gasteiger partial charge in [0.15, 0.2) is 0 Å². The SMILES string of the molecule is O=C(O)C1CCC2(CCN2)CC1. The van der Waals surface area contributed by atoms with E-state index in [1.54, 1.807) is 0 Å². The molecule has 0 aromatic heterocycles. The molecule has 0 aromatic rings. The molecule has 12 heavy (non-hydrogen) atoms. The van der Waals surface area contributed by atoms with E-state index in [1.165, 1.54) is 6.42 Å². The van der Waals surface area contributed by atoms with Crippen molar-refractivity contribution in [2.24, 2.45) is 5.92 Å². The minimum atomic E-state index is -0.607. The zero-order valence-corrected chi connectivity index (χ0v) is 7.18. The van der Waals surface area contributed by atoms with Gasteiger partial charge in [-0.2, -0.15) is 0 Å². The fourth-order valence-electron chi connectivity index (χ4n) is 2.32. The average molecular weight is 169 g/mol. The van der Waals surface area contributed by atoms with Gasteiger partial charge in [0.05, 0.1) is 5.92 Å². The van der Waals surface area contributed by atoms with Crippen LogP contribution in [0.3, 0.4) is 0 Å². The lowest BCUT2D eigenvalue weighted by Gasteiger charge is -2.47. The quantitative estimate of drug-likeness (QED) is 0.615. The highest BCUT2D eigenvalue weighted by Crippen LogP contribution is 2.37. The van der Waals surface area contributed by atoms with Crippen molar-refractivity contribution < 1.29 is 9.90 Å². The molecule has 1 heterocycles. The molecule has 68 valence electrons. The molecule has 3 nitrogen and oxygen atoms in total. The van der Waals surface area contributed by atoms with Gasteiger partial charge in [-0.25, -0.2) is 0 Å². The Labute approximate surface area is 72.2 Å². The van der Waals surface area contributed by atoms with Crippen molar-refractivity contribution in [3.63, 3.8) is 0 Å². The maximum absolute atomic E-state index is 10.7. The van der Waals surface area contributed by atoms with E-state index in [0.717, 1.165) is 32.2 Å². The van der Waals surface area contributed by atoms with Gasteiger partial charge in [-0.15, -0.1) is 0 Å². The van der Waals surface area contributed by atoms with Crippen LogP contribution >= 0.6 is 0 Å². The van der Waals surface area contributed by atoms with Crippen molar-refractivity contribution in [2.75, 3.05) is 6.54 Å². The van der Waals surface area contributed by atoms with Crippen molar-refractivity contribution >= 4 is 5.97 Å². The average Bonchev–Trinajstić information content (AvgIpc) is 2.02. The largest absolute Gasteiger partial charge is 0.481 e. The Kier molecular flexibility index (Phi) is 1.83. The predicted octanol–water partition coefficient (Wildman–Crippen LogP) is 0.993. The molecule has 0 bridgehead atoms. The standard InChI is InChI=1S/C9H15NO2/c11-8(12)7-1-3-9(4-2-7)5-6-10-9/h7,10H,1-6H2,(H,11,12). The highest BCUT2D eigenvalue weighted by Gasteiger charge is 2.41. The van der Waals surface area contributed by atoms with Crippen LogP contribution in [0.1, 0.15) is 32.1 Å². The van der Waals surface area contributed by atoms with Crippen molar-refractivity contribution in [2.45, 2.75) is 37.6 Å². The highest BCUT2D eigenvalue weighted by molar-refractivity contribution is 5.70. The van der Waals surface area contributed by atoms with Gasteiger partial charge in [0.25, 0.3) is 0 Å². The summed E-state index contributed by atoms with van der Waals surface area (Å²) in [5, 5.41) is 12.2. The van der Waals surface area contributed by atoms with E-state index in [4.69, 9.17) is 5.11 Å². The lowest BCUT2D eigenvalue weighted by molar-refractivity contribution is -0.143. The Balaban J connectivity index is 1.88. The Morgan fingerprint density at radius 1 is 1.33 bits per heavy atom. The zero-order chi connectivity index (χ0) is 8.60. The van der Waals surface area contributed by atoms with E-state index >= 15 is 0 Å². The van der Waals surface area contributed by atoms with Crippen LogP contribution in [0.4, 0.5) is 0 Å². The summed E-state index contributed by atoms with van der Waals surface area (Å²) in [5.74, 6) is -0.679. The van der Waals surface area contributed by atoms with Crippen LogP contribution in [0.5, 0.6) is 0 Å². The third-order valence-electron chi connectivity index (χ3n) is 3.40. The number of rotatable bonds is 1. The molecule has 0 atom stereocenters. The fourth-order valence-corrected chi connectivity index (χ4v) is 2.32. The maximum atomic E-state index is 10.7. The molecule has 1 aliphatic heterocycles. The van der Waals surface area contributed by atoms with Crippen molar-refractivity contribution in [1.29, 1.82) is 0 Å². The third kappa shape index (κ3) is 1.22. The molecular formula is C9H15NO2. The minimum Gasteiger partial charge on any atom is -0.481 e. The molecule has 0 aromatic carbocycles. The van der Waals surface area contributed by atoms with Gasteiger partial charge in [0.1, 0.15) is 0 Å². The van der Waals surface area contributed by atoms with E-state index < -0.39 is 5.97 Å².